The van der Waals surface area contributed by atoms with Crippen molar-refractivity contribution >= 4 is 23.5 Å². The first kappa shape index (κ1) is 18.5. The van der Waals surface area contributed by atoms with Crippen molar-refractivity contribution in [1.29, 1.82) is 0 Å². The fraction of sp³-hybridized carbons (Fsp3) is 0.529. The van der Waals surface area contributed by atoms with Gasteiger partial charge in [-0.25, -0.2) is 4.79 Å². The summed E-state index contributed by atoms with van der Waals surface area (Å²) in [5, 5.41) is 3.64. The second-order valence-electron chi connectivity index (χ2n) is 5.73. The van der Waals surface area contributed by atoms with Crippen LogP contribution in [-0.2, 0) is 16.0 Å². The van der Waals surface area contributed by atoms with Crippen molar-refractivity contribution < 1.29 is 14.3 Å². The van der Waals surface area contributed by atoms with Crippen molar-refractivity contribution in [1.82, 2.24) is 15.1 Å². The zero-order valence-electron chi connectivity index (χ0n) is 14.0. The van der Waals surface area contributed by atoms with E-state index in [1.165, 1.54) is 7.11 Å². The highest BCUT2D eigenvalue weighted by molar-refractivity contribution is 6.31. The van der Waals surface area contributed by atoms with Gasteiger partial charge in [-0.1, -0.05) is 29.8 Å². The summed E-state index contributed by atoms with van der Waals surface area (Å²) in [5.74, 6) is -0.0292. The summed E-state index contributed by atoms with van der Waals surface area (Å²) in [7, 11) is 1.51. The Bertz CT molecular complexity index is 568. The number of hydrogen-bond acceptors (Lipinski definition) is 3. The summed E-state index contributed by atoms with van der Waals surface area (Å²) in [4.78, 5) is 27.6. The van der Waals surface area contributed by atoms with Crippen molar-refractivity contribution in [3.63, 3.8) is 0 Å². The minimum Gasteiger partial charge on any atom is -0.375 e. The van der Waals surface area contributed by atoms with Gasteiger partial charge in [0.1, 0.15) is 6.61 Å². The number of amides is 3. The Balaban J connectivity index is 1.76. The highest BCUT2D eigenvalue weighted by atomic mass is 35.5. The number of methoxy groups -OCH3 is 1. The average Bonchev–Trinajstić information content (AvgIpc) is 2.83. The van der Waals surface area contributed by atoms with Crippen molar-refractivity contribution in [3.05, 3.63) is 34.9 Å². The molecule has 1 aromatic carbocycles. The lowest BCUT2D eigenvalue weighted by Crippen LogP contribution is -2.43. The van der Waals surface area contributed by atoms with Crippen LogP contribution >= 0.6 is 11.6 Å². The van der Waals surface area contributed by atoms with E-state index in [0.29, 0.717) is 44.2 Å². The van der Waals surface area contributed by atoms with Gasteiger partial charge in [0.05, 0.1) is 0 Å². The van der Waals surface area contributed by atoms with Crippen LogP contribution in [-0.4, -0.2) is 68.2 Å². The summed E-state index contributed by atoms with van der Waals surface area (Å²) >= 11 is 6.11. The van der Waals surface area contributed by atoms with Crippen LogP contribution in [0.4, 0.5) is 4.79 Å². The molecule has 0 aliphatic carbocycles. The van der Waals surface area contributed by atoms with Crippen molar-refractivity contribution in [2.24, 2.45) is 0 Å². The summed E-state index contributed by atoms with van der Waals surface area (Å²) in [6.45, 7) is 3.00. The molecule has 1 aromatic rings. The summed E-state index contributed by atoms with van der Waals surface area (Å²) in [6.07, 6.45) is 1.46. The molecule has 0 bridgehead atoms. The number of hydrogen-bond donors (Lipinski definition) is 1. The number of rotatable bonds is 5. The number of ether oxygens (including phenoxy) is 1. The third-order valence-corrected chi connectivity index (χ3v) is 4.40. The fourth-order valence-corrected chi connectivity index (χ4v) is 2.93. The molecule has 7 heteroatoms. The number of nitrogens with zero attached hydrogens (tertiary/aromatic N) is 2. The largest absolute Gasteiger partial charge is 0.375 e. The van der Waals surface area contributed by atoms with E-state index in [1.807, 2.05) is 24.3 Å². The van der Waals surface area contributed by atoms with Gasteiger partial charge in [-0.05, 0) is 24.5 Å². The molecule has 0 aromatic heterocycles. The second kappa shape index (κ2) is 9.49. The zero-order chi connectivity index (χ0) is 17.4. The van der Waals surface area contributed by atoms with E-state index in [9.17, 15) is 9.59 Å². The summed E-state index contributed by atoms with van der Waals surface area (Å²) < 4.78 is 4.88. The number of urea groups is 1. The molecule has 0 unspecified atom stereocenters. The van der Waals surface area contributed by atoms with Crippen molar-refractivity contribution in [2.45, 2.75) is 12.8 Å². The van der Waals surface area contributed by atoms with Crippen molar-refractivity contribution in [2.75, 3.05) is 46.4 Å². The molecule has 1 heterocycles. The van der Waals surface area contributed by atoms with Crippen LogP contribution in [0.25, 0.3) is 0 Å². The molecule has 0 radical (unpaired) electrons. The predicted octanol–water partition coefficient (Wildman–Crippen LogP) is 1.77. The van der Waals surface area contributed by atoms with Gasteiger partial charge in [-0.15, -0.1) is 0 Å². The zero-order valence-corrected chi connectivity index (χ0v) is 14.7. The normalized spacial score (nSPS) is 15.1. The van der Waals surface area contributed by atoms with Crippen LogP contribution in [0.5, 0.6) is 0 Å². The number of carbonyl (C=O) groups is 2. The SMILES string of the molecule is COCC(=O)N1CCCN(C(=O)NCCc2ccccc2Cl)CC1. The lowest BCUT2D eigenvalue weighted by molar-refractivity contribution is -0.135. The van der Waals surface area contributed by atoms with Gasteiger partial charge < -0.3 is 19.9 Å². The number of halogens is 1. The first-order valence-corrected chi connectivity index (χ1v) is 8.52. The molecule has 0 atom stereocenters. The van der Waals surface area contributed by atoms with E-state index >= 15 is 0 Å². The molecule has 1 saturated heterocycles. The van der Waals surface area contributed by atoms with Gasteiger partial charge in [0.25, 0.3) is 0 Å². The molecular weight excluding hydrogens is 330 g/mol. The molecule has 1 aliphatic rings. The Labute approximate surface area is 147 Å². The van der Waals surface area contributed by atoms with Gasteiger partial charge in [0.2, 0.25) is 5.91 Å². The predicted molar refractivity (Wildman–Crippen MR) is 93.2 cm³/mol. The average molecular weight is 354 g/mol. The Kier molecular flexibility index (Phi) is 7.34. The molecule has 6 nitrogen and oxygen atoms in total. The molecule has 3 amide bonds. The Morgan fingerprint density at radius 3 is 2.62 bits per heavy atom. The fourth-order valence-electron chi connectivity index (χ4n) is 2.70. The van der Waals surface area contributed by atoms with E-state index in [-0.39, 0.29) is 18.5 Å². The molecular formula is C17H24ClN3O3. The van der Waals surface area contributed by atoms with Gasteiger partial charge in [0.15, 0.2) is 0 Å². The van der Waals surface area contributed by atoms with E-state index in [4.69, 9.17) is 16.3 Å². The molecule has 132 valence electrons. The van der Waals surface area contributed by atoms with Gasteiger partial charge in [-0.2, -0.15) is 0 Å². The molecule has 1 N–H and O–H groups in total. The molecule has 24 heavy (non-hydrogen) atoms. The van der Waals surface area contributed by atoms with Crippen LogP contribution < -0.4 is 5.32 Å². The third kappa shape index (κ3) is 5.39. The third-order valence-electron chi connectivity index (χ3n) is 4.03. The van der Waals surface area contributed by atoms with Crippen LogP contribution in [0.3, 0.4) is 0 Å². The maximum Gasteiger partial charge on any atom is 0.317 e. The van der Waals surface area contributed by atoms with Crippen LogP contribution in [0.2, 0.25) is 5.02 Å². The van der Waals surface area contributed by atoms with Gasteiger partial charge in [-0.3, -0.25) is 4.79 Å². The lowest BCUT2D eigenvalue weighted by atomic mass is 10.1. The minimum atomic E-state index is -0.0944. The summed E-state index contributed by atoms with van der Waals surface area (Å²) in [5.41, 5.74) is 1.02. The van der Waals surface area contributed by atoms with Gasteiger partial charge in [0, 0.05) is 44.9 Å². The van der Waals surface area contributed by atoms with Gasteiger partial charge >= 0.3 is 6.03 Å². The van der Waals surface area contributed by atoms with E-state index in [0.717, 1.165) is 12.0 Å². The molecule has 1 fully saturated rings. The van der Waals surface area contributed by atoms with Crippen LogP contribution in [0, 0.1) is 0 Å². The molecule has 0 spiro atoms. The molecule has 0 saturated carbocycles. The summed E-state index contributed by atoms with van der Waals surface area (Å²) in [6, 6.07) is 7.53. The number of carbonyl (C=O) groups excluding carboxylic acids is 2. The smallest absolute Gasteiger partial charge is 0.317 e. The van der Waals surface area contributed by atoms with Crippen LogP contribution in [0.15, 0.2) is 24.3 Å². The number of nitrogens with one attached hydrogen (secondary N) is 1. The maximum atomic E-state index is 12.3. The van der Waals surface area contributed by atoms with Crippen molar-refractivity contribution in [3.8, 4) is 0 Å². The monoisotopic (exact) mass is 353 g/mol. The Hall–Kier alpha value is -1.79. The first-order chi connectivity index (χ1) is 11.6. The van der Waals surface area contributed by atoms with E-state index in [1.54, 1.807) is 9.80 Å². The minimum absolute atomic E-state index is 0.0292. The van der Waals surface area contributed by atoms with E-state index in [2.05, 4.69) is 5.32 Å². The maximum absolute atomic E-state index is 12.3. The topological polar surface area (TPSA) is 61.9 Å². The highest BCUT2D eigenvalue weighted by Gasteiger charge is 2.21. The Morgan fingerprint density at radius 1 is 1.17 bits per heavy atom. The number of benzene rings is 1. The Morgan fingerprint density at radius 2 is 1.88 bits per heavy atom. The lowest BCUT2D eigenvalue weighted by Gasteiger charge is -2.22. The first-order valence-electron chi connectivity index (χ1n) is 8.14. The highest BCUT2D eigenvalue weighted by Crippen LogP contribution is 2.14. The standard InChI is InChI=1S/C17H24ClN3O3/c1-24-13-16(22)20-9-4-10-21(12-11-20)17(23)19-8-7-14-5-2-3-6-15(14)18/h2-3,5-6H,4,7-13H2,1H3,(H,19,23). The molecule has 2 rings (SSSR count). The molecule has 1 aliphatic heterocycles. The van der Waals surface area contributed by atoms with Crippen LogP contribution in [0.1, 0.15) is 12.0 Å². The second-order valence-corrected chi connectivity index (χ2v) is 6.13. The van der Waals surface area contributed by atoms with E-state index < -0.39 is 0 Å². The quantitative estimate of drug-likeness (QED) is 0.877.